The maximum absolute atomic E-state index is 12.8. The first-order valence-electron chi connectivity index (χ1n) is 12.3. The average molecular weight is 488 g/mol. The molecular formula is C33H29NO3. The molecule has 184 valence electrons. The van der Waals surface area contributed by atoms with Gasteiger partial charge in [0.25, 0.3) is 0 Å². The summed E-state index contributed by atoms with van der Waals surface area (Å²) in [7, 11) is 1.63. The van der Waals surface area contributed by atoms with Crippen LogP contribution in [0.5, 0.6) is 5.75 Å². The van der Waals surface area contributed by atoms with E-state index in [4.69, 9.17) is 9.15 Å². The van der Waals surface area contributed by atoms with E-state index in [9.17, 15) is 4.79 Å². The molecule has 37 heavy (non-hydrogen) atoms. The number of methoxy groups -OCH3 is 1. The maximum atomic E-state index is 12.8. The van der Waals surface area contributed by atoms with Crippen LogP contribution in [-0.2, 0) is 4.79 Å². The van der Waals surface area contributed by atoms with E-state index < -0.39 is 0 Å². The Balaban J connectivity index is 1.44. The number of hydrogen-bond donors (Lipinski definition) is 1. The Kier molecular flexibility index (Phi) is 6.91. The molecule has 4 aromatic carbocycles. The summed E-state index contributed by atoms with van der Waals surface area (Å²) in [4.78, 5) is 12.8. The first-order valence-corrected chi connectivity index (χ1v) is 12.3. The Morgan fingerprint density at radius 1 is 0.865 bits per heavy atom. The van der Waals surface area contributed by atoms with Crippen LogP contribution in [0.15, 0.2) is 114 Å². The van der Waals surface area contributed by atoms with E-state index in [0.29, 0.717) is 5.75 Å². The van der Waals surface area contributed by atoms with Gasteiger partial charge in [-0.15, -0.1) is 0 Å². The number of furan rings is 1. The Morgan fingerprint density at radius 3 is 2.16 bits per heavy atom. The van der Waals surface area contributed by atoms with Crippen molar-refractivity contribution in [2.45, 2.75) is 19.9 Å². The van der Waals surface area contributed by atoms with Gasteiger partial charge < -0.3 is 14.5 Å². The second-order valence-electron chi connectivity index (χ2n) is 9.11. The molecule has 5 rings (SSSR count). The number of ether oxygens (including phenoxy) is 1. The number of fused-ring (bicyclic) bond motifs is 1. The molecule has 1 N–H and O–H groups in total. The number of allylic oxidation sites excluding steroid dienone is 1. The molecule has 1 aromatic heterocycles. The Morgan fingerprint density at radius 2 is 1.49 bits per heavy atom. The zero-order valence-corrected chi connectivity index (χ0v) is 21.2. The van der Waals surface area contributed by atoms with Gasteiger partial charge in [-0.1, -0.05) is 84.9 Å². The van der Waals surface area contributed by atoms with Gasteiger partial charge >= 0.3 is 0 Å². The molecule has 0 aliphatic rings. The molecule has 0 aliphatic heterocycles. The minimum Gasteiger partial charge on any atom is -0.496 e. The fraction of sp³-hybridized carbons (Fsp3) is 0.121. The SMILES string of the molecule is COc1cc2occ(-c3ccc(-c4ccccc4)cc3)c2cc1/C(C)=C/C(=O)NC(C)c1ccccc1. The highest BCUT2D eigenvalue weighted by molar-refractivity contribution is 6.00. The van der Waals surface area contributed by atoms with Crippen molar-refractivity contribution in [1.82, 2.24) is 5.32 Å². The zero-order valence-electron chi connectivity index (χ0n) is 21.2. The van der Waals surface area contributed by atoms with Crippen LogP contribution in [-0.4, -0.2) is 13.0 Å². The lowest BCUT2D eigenvalue weighted by atomic mass is 9.97. The quantitative estimate of drug-likeness (QED) is 0.236. The molecule has 0 radical (unpaired) electrons. The summed E-state index contributed by atoms with van der Waals surface area (Å²) in [5, 5.41) is 4.01. The Labute approximate surface area is 217 Å². The Hall–Kier alpha value is -4.57. The van der Waals surface area contributed by atoms with Crippen molar-refractivity contribution in [3.05, 3.63) is 121 Å². The van der Waals surface area contributed by atoms with Gasteiger partial charge in [0.2, 0.25) is 5.91 Å². The third-order valence-electron chi connectivity index (χ3n) is 6.63. The third-order valence-corrected chi connectivity index (χ3v) is 6.63. The van der Waals surface area contributed by atoms with Gasteiger partial charge in [-0.3, -0.25) is 4.79 Å². The molecule has 4 heteroatoms. The van der Waals surface area contributed by atoms with Crippen LogP contribution in [0.25, 0.3) is 38.8 Å². The first-order chi connectivity index (χ1) is 18.0. The minimum atomic E-state index is -0.153. The molecule has 1 atom stereocenters. The Bertz CT molecular complexity index is 1550. The van der Waals surface area contributed by atoms with Crippen LogP contribution in [0, 0.1) is 0 Å². The molecule has 0 fully saturated rings. The monoisotopic (exact) mass is 487 g/mol. The number of nitrogens with one attached hydrogen (secondary N) is 1. The molecule has 0 saturated carbocycles. The van der Waals surface area contributed by atoms with Crippen molar-refractivity contribution in [3.63, 3.8) is 0 Å². The summed E-state index contributed by atoms with van der Waals surface area (Å²) >= 11 is 0. The van der Waals surface area contributed by atoms with Crippen LogP contribution in [0.3, 0.4) is 0 Å². The van der Waals surface area contributed by atoms with Gasteiger partial charge in [0.1, 0.15) is 11.3 Å². The van der Waals surface area contributed by atoms with E-state index in [1.165, 1.54) is 5.56 Å². The summed E-state index contributed by atoms with van der Waals surface area (Å²) in [6, 6.07) is 32.5. The highest BCUT2D eigenvalue weighted by Gasteiger charge is 2.16. The van der Waals surface area contributed by atoms with Gasteiger partial charge in [-0.25, -0.2) is 0 Å². The van der Waals surface area contributed by atoms with Gasteiger partial charge in [-0.05, 0) is 47.7 Å². The van der Waals surface area contributed by atoms with Crippen LogP contribution in [0.1, 0.15) is 31.0 Å². The highest BCUT2D eigenvalue weighted by Crippen LogP contribution is 2.38. The predicted octanol–water partition coefficient (Wildman–Crippen LogP) is 8.06. The lowest BCUT2D eigenvalue weighted by Crippen LogP contribution is -2.24. The molecule has 4 nitrogen and oxygen atoms in total. The third kappa shape index (κ3) is 5.19. The highest BCUT2D eigenvalue weighted by atomic mass is 16.5. The average Bonchev–Trinajstić information content (AvgIpc) is 3.36. The van der Waals surface area contributed by atoms with Crippen molar-refractivity contribution in [2.75, 3.05) is 7.11 Å². The lowest BCUT2D eigenvalue weighted by Gasteiger charge is -2.14. The second kappa shape index (κ2) is 10.6. The van der Waals surface area contributed by atoms with Gasteiger partial charge in [-0.2, -0.15) is 0 Å². The van der Waals surface area contributed by atoms with Crippen molar-refractivity contribution in [3.8, 4) is 28.0 Å². The fourth-order valence-corrected chi connectivity index (χ4v) is 4.58. The predicted molar refractivity (Wildman–Crippen MR) is 150 cm³/mol. The van der Waals surface area contributed by atoms with Gasteiger partial charge in [0.15, 0.2) is 0 Å². The van der Waals surface area contributed by atoms with E-state index in [0.717, 1.165) is 44.4 Å². The van der Waals surface area contributed by atoms with E-state index in [1.807, 2.05) is 74.5 Å². The summed E-state index contributed by atoms with van der Waals surface area (Å²) < 4.78 is 11.6. The summed E-state index contributed by atoms with van der Waals surface area (Å²) in [6.07, 6.45) is 3.40. The maximum Gasteiger partial charge on any atom is 0.244 e. The van der Waals surface area contributed by atoms with Gasteiger partial charge in [0.05, 0.1) is 19.4 Å². The lowest BCUT2D eigenvalue weighted by molar-refractivity contribution is -0.117. The number of amides is 1. The summed E-state index contributed by atoms with van der Waals surface area (Å²) in [5.74, 6) is 0.505. The van der Waals surface area contributed by atoms with E-state index in [-0.39, 0.29) is 11.9 Å². The van der Waals surface area contributed by atoms with E-state index in [2.05, 4.69) is 41.7 Å². The van der Waals surface area contributed by atoms with E-state index >= 15 is 0 Å². The summed E-state index contributed by atoms with van der Waals surface area (Å²) in [5.41, 5.74) is 7.84. The molecule has 0 aliphatic carbocycles. The number of carbonyl (C=O) groups excluding carboxylic acids is 1. The fourth-order valence-electron chi connectivity index (χ4n) is 4.58. The number of carbonyl (C=O) groups is 1. The molecule has 0 spiro atoms. The molecule has 1 amide bonds. The van der Waals surface area contributed by atoms with Crippen molar-refractivity contribution in [2.24, 2.45) is 0 Å². The van der Waals surface area contributed by atoms with Crippen molar-refractivity contribution < 1.29 is 13.9 Å². The molecule has 1 unspecified atom stereocenters. The van der Waals surface area contributed by atoms with Crippen molar-refractivity contribution >= 4 is 22.4 Å². The van der Waals surface area contributed by atoms with Crippen LogP contribution >= 0.6 is 0 Å². The molecule has 5 aromatic rings. The largest absolute Gasteiger partial charge is 0.496 e. The smallest absolute Gasteiger partial charge is 0.244 e. The standard InChI is InChI=1S/C33H29NO3/c1-22(18-33(35)34-23(2)24-10-6-4-7-11-24)28-19-29-30(21-37-32(29)20-31(28)36-3)27-16-14-26(15-17-27)25-12-8-5-9-13-25/h4-21,23H,1-3H3,(H,34,35)/b22-18+. The minimum absolute atomic E-state index is 0.0959. The van der Waals surface area contributed by atoms with Gasteiger partial charge in [0, 0.05) is 28.7 Å². The van der Waals surface area contributed by atoms with E-state index in [1.54, 1.807) is 19.4 Å². The van der Waals surface area contributed by atoms with Crippen molar-refractivity contribution in [1.29, 1.82) is 0 Å². The summed E-state index contributed by atoms with van der Waals surface area (Å²) in [6.45, 7) is 3.90. The molecule has 1 heterocycles. The van der Waals surface area contributed by atoms with Crippen LogP contribution < -0.4 is 10.1 Å². The number of hydrogen-bond acceptors (Lipinski definition) is 3. The number of benzene rings is 4. The first kappa shape index (κ1) is 24.1. The molecular weight excluding hydrogens is 458 g/mol. The topological polar surface area (TPSA) is 51.5 Å². The second-order valence-corrected chi connectivity index (χ2v) is 9.11. The number of rotatable bonds is 7. The normalized spacial score (nSPS) is 12.4. The van der Waals surface area contributed by atoms with Crippen LogP contribution in [0.2, 0.25) is 0 Å². The molecule has 0 saturated heterocycles. The molecule has 0 bridgehead atoms. The van der Waals surface area contributed by atoms with Crippen LogP contribution in [0.4, 0.5) is 0 Å². The zero-order chi connectivity index (χ0) is 25.8.